The number of halogens is 4. The van der Waals surface area contributed by atoms with Crippen LogP contribution < -0.4 is 20.1 Å². The average Bonchev–Trinajstić information content (AvgIpc) is 3.35. The topological polar surface area (TPSA) is 55.4 Å². The summed E-state index contributed by atoms with van der Waals surface area (Å²) in [5.41, 5.74) is 3.77. The molecule has 194 valence electrons. The fraction of sp³-hybridized carbons (Fsp3) is 0.250. The summed E-state index contributed by atoms with van der Waals surface area (Å²) in [5, 5.41) is 7.89. The van der Waals surface area contributed by atoms with Crippen LogP contribution in [0.4, 0.5) is 18.9 Å². The fourth-order valence-corrected chi connectivity index (χ4v) is 4.34. The van der Waals surface area contributed by atoms with E-state index in [2.05, 4.69) is 15.6 Å². The van der Waals surface area contributed by atoms with Crippen LogP contribution in [0, 0.1) is 0 Å². The van der Waals surface area contributed by atoms with Crippen LogP contribution in [0.2, 0.25) is 0 Å². The first kappa shape index (κ1) is 26.6. The molecule has 2 N–H and O–H groups in total. The molecule has 37 heavy (non-hydrogen) atoms. The molecule has 0 unspecified atom stereocenters. The van der Waals surface area contributed by atoms with Crippen LogP contribution in [0.1, 0.15) is 28.7 Å². The third-order valence-corrected chi connectivity index (χ3v) is 6.11. The highest BCUT2D eigenvalue weighted by atomic mass is 35.5. The second-order valence-electron chi connectivity index (χ2n) is 8.69. The van der Waals surface area contributed by atoms with Crippen molar-refractivity contribution in [3.05, 3.63) is 95.2 Å². The maximum Gasteiger partial charge on any atom is 0.416 e. The fourth-order valence-electron chi connectivity index (χ4n) is 4.34. The predicted octanol–water partition coefficient (Wildman–Crippen LogP) is 6.59. The van der Waals surface area contributed by atoms with E-state index in [1.54, 1.807) is 12.3 Å². The van der Waals surface area contributed by atoms with Gasteiger partial charge < -0.3 is 20.1 Å². The third-order valence-electron chi connectivity index (χ3n) is 6.11. The number of anilines is 1. The number of pyridine rings is 1. The van der Waals surface area contributed by atoms with Crippen molar-refractivity contribution < 1.29 is 22.6 Å². The summed E-state index contributed by atoms with van der Waals surface area (Å²) in [4.78, 5) is 4.47. The van der Waals surface area contributed by atoms with Gasteiger partial charge in [0.1, 0.15) is 0 Å². The van der Waals surface area contributed by atoms with Crippen molar-refractivity contribution in [2.45, 2.75) is 25.6 Å². The first-order valence-electron chi connectivity index (χ1n) is 11.8. The average molecular weight is 530 g/mol. The lowest BCUT2D eigenvalue weighted by molar-refractivity contribution is -0.137. The van der Waals surface area contributed by atoms with Crippen molar-refractivity contribution in [3.63, 3.8) is 0 Å². The summed E-state index contributed by atoms with van der Waals surface area (Å²) in [6.07, 6.45) is -1.27. The number of nitrogens with zero attached hydrogens (tertiary/aromatic N) is 1. The lowest BCUT2D eigenvalue weighted by atomic mass is 10.0. The van der Waals surface area contributed by atoms with Crippen molar-refractivity contribution in [2.24, 2.45) is 0 Å². The third kappa shape index (κ3) is 6.45. The summed E-state index contributed by atoms with van der Waals surface area (Å²) in [6, 6.07) is 19.2. The monoisotopic (exact) mass is 529 g/mol. The Bertz CT molecular complexity index is 1360. The Morgan fingerprint density at radius 1 is 0.892 bits per heavy atom. The van der Waals surface area contributed by atoms with E-state index in [0.29, 0.717) is 18.5 Å². The van der Waals surface area contributed by atoms with Gasteiger partial charge in [0, 0.05) is 35.9 Å². The van der Waals surface area contributed by atoms with Crippen LogP contribution in [-0.4, -0.2) is 24.9 Å². The molecule has 0 saturated heterocycles. The first-order chi connectivity index (χ1) is 17.5. The van der Waals surface area contributed by atoms with E-state index in [0.717, 1.165) is 64.8 Å². The minimum absolute atomic E-state index is 0. The van der Waals surface area contributed by atoms with E-state index in [4.69, 9.17) is 9.47 Å². The Balaban J connectivity index is 0.00000320. The van der Waals surface area contributed by atoms with E-state index < -0.39 is 11.7 Å². The molecule has 1 aliphatic rings. The zero-order valence-corrected chi connectivity index (χ0v) is 20.8. The van der Waals surface area contributed by atoms with Gasteiger partial charge in [0.15, 0.2) is 11.5 Å². The van der Waals surface area contributed by atoms with Crippen LogP contribution in [0.3, 0.4) is 0 Å². The van der Waals surface area contributed by atoms with Crippen molar-refractivity contribution >= 4 is 29.0 Å². The first-order valence-corrected chi connectivity index (χ1v) is 11.8. The van der Waals surface area contributed by atoms with E-state index in [-0.39, 0.29) is 19.2 Å². The molecule has 0 bridgehead atoms. The van der Waals surface area contributed by atoms with Gasteiger partial charge in [0.25, 0.3) is 0 Å². The molecule has 0 spiro atoms. The Hall–Kier alpha value is -3.49. The van der Waals surface area contributed by atoms with Gasteiger partial charge in [0.05, 0.1) is 11.1 Å². The second-order valence-corrected chi connectivity index (χ2v) is 8.69. The van der Waals surface area contributed by atoms with Crippen molar-refractivity contribution in [2.75, 3.05) is 25.2 Å². The number of hydrogen-bond donors (Lipinski definition) is 2. The summed E-state index contributed by atoms with van der Waals surface area (Å²) >= 11 is 0. The normalized spacial score (nSPS) is 12.4. The van der Waals surface area contributed by atoms with Crippen LogP contribution in [0.15, 0.2) is 72.9 Å². The molecule has 0 radical (unpaired) electrons. The molecule has 0 fully saturated rings. The summed E-state index contributed by atoms with van der Waals surface area (Å²) < 4.78 is 50.0. The summed E-state index contributed by atoms with van der Waals surface area (Å²) in [7, 11) is 0. The molecular weight excluding hydrogens is 503 g/mol. The van der Waals surface area contributed by atoms with Crippen molar-refractivity contribution in [1.29, 1.82) is 0 Å². The van der Waals surface area contributed by atoms with Gasteiger partial charge in [0.2, 0.25) is 6.79 Å². The molecule has 0 aliphatic carbocycles. The maximum atomic E-state index is 13.0. The smallest absolute Gasteiger partial charge is 0.416 e. The molecule has 4 aromatic rings. The van der Waals surface area contributed by atoms with Crippen molar-refractivity contribution in [1.82, 2.24) is 10.3 Å². The van der Waals surface area contributed by atoms with E-state index >= 15 is 0 Å². The van der Waals surface area contributed by atoms with Gasteiger partial charge in [-0.1, -0.05) is 42.5 Å². The quantitative estimate of drug-likeness (QED) is 0.240. The molecule has 5 rings (SSSR count). The summed E-state index contributed by atoms with van der Waals surface area (Å²) in [6.45, 7) is 2.59. The number of benzene rings is 3. The highest BCUT2D eigenvalue weighted by molar-refractivity contribution is 5.91. The van der Waals surface area contributed by atoms with E-state index in [1.165, 1.54) is 12.1 Å². The van der Waals surface area contributed by atoms with Gasteiger partial charge in [-0.2, -0.15) is 13.2 Å². The van der Waals surface area contributed by atoms with Gasteiger partial charge in [-0.15, -0.1) is 12.4 Å². The molecule has 0 amide bonds. The zero-order chi connectivity index (χ0) is 25.0. The lowest BCUT2D eigenvalue weighted by Gasteiger charge is -2.12. The Morgan fingerprint density at radius 3 is 2.59 bits per heavy atom. The van der Waals surface area contributed by atoms with Crippen LogP contribution in [0.25, 0.3) is 10.9 Å². The maximum absolute atomic E-state index is 13.0. The standard InChI is InChI=1S/C28H26F3N3O2.ClH/c29-28(30,31)22-6-1-4-19(15-22)14-20-8-9-23-24(10-13-34-25(23)16-20)33-12-3-11-32-17-21-5-2-7-26-27(21)36-18-35-26;/h1-2,4-10,13,15-16,32H,3,11-12,14,17-18H2,(H,33,34);1H. The molecule has 0 atom stereocenters. The minimum atomic E-state index is -4.35. The number of para-hydroxylation sites is 1. The molecule has 1 aromatic heterocycles. The molecule has 9 heteroatoms. The highest BCUT2D eigenvalue weighted by Crippen LogP contribution is 2.35. The SMILES string of the molecule is Cl.FC(F)(F)c1cccc(Cc2ccc3c(NCCCNCc4cccc5c4OCO5)ccnc3c2)c1. The second kappa shape index (κ2) is 11.7. The van der Waals surface area contributed by atoms with E-state index in [1.807, 2.05) is 42.5 Å². The molecular formula is C28H27ClF3N3O2. The highest BCUT2D eigenvalue weighted by Gasteiger charge is 2.30. The van der Waals surface area contributed by atoms with Crippen LogP contribution >= 0.6 is 12.4 Å². The Morgan fingerprint density at radius 2 is 1.73 bits per heavy atom. The number of hydrogen-bond acceptors (Lipinski definition) is 5. The Labute approximate surface area is 219 Å². The molecule has 2 heterocycles. The summed E-state index contributed by atoms with van der Waals surface area (Å²) in [5.74, 6) is 1.61. The number of nitrogens with one attached hydrogen (secondary N) is 2. The molecule has 0 saturated carbocycles. The number of rotatable bonds is 9. The number of alkyl halides is 3. The minimum Gasteiger partial charge on any atom is -0.454 e. The van der Waals surface area contributed by atoms with Crippen molar-refractivity contribution in [3.8, 4) is 11.5 Å². The van der Waals surface area contributed by atoms with Gasteiger partial charge in [-0.3, -0.25) is 4.98 Å². The predicted molar refractivity (Wildman–Crippen MR) is 141 cm³/mol. The largest absolute Gasteiger partial charge is 0.454 e. The number of ether oxygens (including phenoxy) is 2. The molecule has 3 aromatic carbocycles. The number of aromatic nitrogens is 1. The van der Waals surface area contributed by atoms with Gasteiger partial charge in [-0.05, 0) is 54.8 Å². The van der Waals surface area contributed by atoms with Crippen LogP contribution in [-0.2, 0) is 19.1 Å². The Kier molecular flexibility index (Phi) is 8.41. The lowest BCUT2D eigenvalue weighted by Crippen LogP contribution is -2.18. The van der Waals surface area contributed by atoms with Gasteiger partial charge >= 0.3 is 6.18 Å². The molecule has 1 aliphatic heterocycles. The number of fused-ring (bicyclic) bond motifs is 2. The van der Waals surface area contributed by atoms with Crippen LogP contribution in [0.5, 0.6) is 11.5 Å². The van der Waals surface area contributed by atoms with E-state index in [9.17, 15) is 13.2 Å². The molecule has 5 nitrogen and oxygen atoms in total. The zero-order valence-electron chi connectivity index (χ0n) is 20.0. The van der Waals surface area contributed by atoms with Gasteiger partial charge in [-0.25, -0.2) is 0 Å².